The molecule has 3 aromatic rings. The summed E-state index contributed by atoms with van der Waals surface area (Å²) in [5, 5.41) is 4.13. The van der Waals surface area contributed by atoms with E-state index in [-0.39, 0.29) is 0 Å². The Bertz CT molecular complexity index is 732. The van der Waals surface area contributed by atoms with Gasteiger partial charge in [0.1, 0.15) is 5.15 Å². The van der Waals surface area contributed by atoms with Crippen molar-refractivity contribution in [3.8, 4) is 0 Å². The molecule has 0 saturated heterocycles. The van der Waals surface area contributed by atoms with Gasteiger partial charge in [-0.2, -0.15) is 0 Å². The zero-order chi connectivity index (χ0) is 12.7. The van der Waals surface area contributed by atoms with Crippen LogP contribution in [-0.4, -0.2) is 4.98 Å². The van der Waals surface area contributed by atoms with Gasteiger partial charge in [0, 0.05) is 10.8 Å². The quantitative estimate of drug-likeness (QED) is 0.432. The lowest BCUT2D eigenvalue weighted by atomic mass is 10.0. The van der Waals surface area contributed by atoms with Gasteiger partial charge in [0.05, 0.1) is 5.52 Å². The second-order valence-corrected chi connectivity index (χ2v) is 5.24. The molecule has 0 spiro atoms. The maximum atomic E-state index is 6.29. The van der Waals surface area contributed by atoms with Gasteiger partial charge in [-0.1, -0.05) is 61.8 Å². The molecule has 0 N–H and O–H groups in total. The first-order chi connectivity index (χ1) is 8.66. The number of rotatable bonds is 1. The molecule has 0 saturated carbocycles. The lowest BCUT2D eigenvalue weighted by molar-refractivity contribution is 0.862. The predicted molar refractivity (Wildman–Crippen MR) is 78.3 cm³/mol. The molecule has 0 unspecified atom stereocenters. The van der Waals surface area contributed by atoms with Crippen LogP contribution in [0, 0.1) is 0 Å². The van der Waals surface area contributed by atoms with Gasteiger partial charge in [-0.25, -0.2) is 4.98 Å². The third-order valence-corrected chi connectivity index (χ3v) is 3.62. The summed E-state index contributed by atoms with van der Waals surface area (Å²) in [4.78, 5) is 4.59. The molecule has 0 bridgehead atoms. The highest BCUT2D eigenvalue weighted by Crippen LogP contribution is 2.30. The number of hydrogen-bond acceptors (Lipinski definition) is 1. The van der Waals surface area contributed by atoms with Crippen LogP contribution in [0.2, 0.25) is 5.15 Å². The number of hydrogen-bond donors (Lipinski definition) is 0. The molecule has 18 heavy (non-hydrogen) atoms. The van der Waals surface area contributed by atoms with Crippen LogP contribution in [0.3, 0.4) is 0 Å². The number of benzene rings is 2. The molecule has 90 valence electrons. The summed E-state index contributed by atoms with van der Waals surface area (Å²) in [6.07, 6.45) is 0. The molecule has 0 radical (unpaired) electrons. The van der Waals surface area contributed by atoms with Gasteiger partial charge in [-0.3, -0.25) is 0 Å². The maximum absolute atomic E-state index is 6.29. The van der Waals surface area contributed by atoms with Crippen LogP contribution < -0.4 is 0 Å². The van der Waals surface area contributed by atoms with Crippen molar-refractivity contribution in [2.24, 2.45) is 0 Å². The minimum Gasteiger partial charge on any atom is -0.235 e. The zero-order valence-corrected chi connectivity index (χ0v) is 11.2. The Morgan fingerprint density at radius 3 is 2.50 bits per heavy atom. The Morgan fingerprint density at radius 2 is 1.72 bits per heavy atom. The average molecular weight is 256 g/mol. The topological polar surface area (TPSA) is 12.9 Å². The van der Waals surface area contributed by atoms with E-state index in [4.69, 9.17) is 11.6 Å². The van der Waals surface area contributed by atoms with Gasteiger partial charge in [-0.15, -0.1) is 0 Å². The summed E-state index contributed by atoms with van der Waals surface area (Å²) in [7, 11) is 0. The van der Waals surface area contributed by atoms with E-state index in [0.29, 0.717) is 11.1 Å². The SMILES string of the molecule is CC(C)c1cc2ccc3ccccc3c2nc1Cl. The molecule has 1 heterocycles. The molecule has 2 aromatic carbocycles. The minimum atomic E-state index is 0.390. The monoisotopic (exact) mass is 255 g/mol. The van der Waals surface area contributed by atoms with Crippen molar-refractivity contribution in [3.63, 3.8) is 0 Å². The molecule has 2 heteroatoms. The van der Waals surface area contributed by atoms with E-state index in [9.17, 15) is 0 Å². The highest BCUT2D eigenvalue weighted by atomic mass is 35.5. The standard InChI is InChI=1S/C16H14ClN/c1-10(2)14-9-12-8-7-11-5-3-4-6-13(11)15(12)18-16(14)17/h3-10H,1-2H3. The van der Waals surface area contributed by atoms with Crippen LogP contribution in [0.4, 0.5) is 0 Å². The summed E-state index contributed by atoms with van der Waals surface area (Å²) >= 11 is 6.29. The Hall–Kier alpha value is -1.60. The van der Waals surface area contributed by atoms with E-state index >= 15 is 0 Å². The first-order valence-electron chi connectivity index (χ1n) is 6.14. The van der Waals surface area contributed by atoms with E-state index in [2.05, 4.69) is 49.2 Å². The van der Waals surface area contributed by atoms with Crippen molar-refractivity contribution in [2.75, 3.05) is 0 Å². The normalized spacial score (nSPS) is 11.6. The molecule has 0 aliphatic rings. The third-order valence-electron chi connectivity index (χ3n) is 3.31. The van der Waals surface area contributed by atoms with E-state index in [1.165, 1.54) is 5.39 Å². The first kappa shape index (κ1) is 11.5. The summed E-state index contributed by atoms with van der Waals surface area (Å²) < 4.78 is 0. The molecule has 1 aromatic heterocycles. The number of fused-ring (bicyclic) bond motifs is 3. The summed E-state index contributed by atoms with van der Waals surface area (Å²) in [6, 6.07) is 14.7. The van der Waals surface area contributed by atoms with Crippen LogP contribution in [0.5, 0.6) is 0 Å². The lowest BCUT2D eigenvalue weighted by Crippen LogP contribution is -1.93. The largest absolute Gasteiger partial charge is 0.235 e. The molecule has 1 nitrogen and oxygen atoms in total. The number of aromatic nitrogens is 1. The van der Waals surface area contributed by atoms with Crippen LogP contribution in [0.15, 0.2) is 42.5 Å². The molecule has 0 aliphatic heterocycles. The van der Waals surface area contributed by atoms with Crippen LogP contribution >= 0.6 is 11.6 Å². The van der Waals surface area contributed by atoms with Crippen molar-refractivity contribution >= 4 is 33.3 Å². The average Bonchev–Trinajstić information content (AvgIpc) is 2.37. The Balaban J connectivity index is 2.42. The van der Waals surface area contributed by atoms with Gasteiger partial charge in [0.25, 0.3) is 0 Å². The van der Waals surface area contributed by atoms with E-state index < -0.39 is 0 Å². The van der Waals surface area contributed by atoms with Crippen LogP contribution in [0.25, 0.3) is 21.7 Å². The van der Waals surface area contributed by atoms with Gasteiger partial charge in [0.15, 0.2) is 0 Å². The molecular weight excluding hydrogens is 242 g/mol. The van der Waals surface area contributed by atoms with Crippen LogP contribution in [0.1, 0.15) is 25.3 Å². The molecule has 3 rings (SSSR count). The molecule has 0 fully saturated rings. The Labute approximate surface area is 111 Å². The lowest BCUT2D eigenvalue weighted by Gasteiger charge is -2.10. The maximum Gasteiger partial charge on any atom is 0.133 e. The van der Waals surface area contributed by atoms with Crippen molar-refractivity contribution < 1.29 is 0 Å². The summed E-state index contributed by atoms with van der Waals surface area (Å²) in [6.45, 7) is 4.27. The fourth-order valence-corrected chi connectivity index (χ4v) is 2.67. The second-order valence-electron chi connectivity index (χ2n) is 4.88. The van der Waals surface area contributed by atoms with E-state index in [1.54, 1.807) is 0 Å². The zero-order valence-electron chi connectivity index (χ0n) is 10.4. The van der Waals surface area contributed by atoms with E-state index in [1.807, 2.05) is 12.1 Å². The second kappa shape index (κ2) is 4.25. The third kappa shape index (κ3) is 1.75. The van der Waals surface area contributed by atoms with Gasteiger partial charge in [0.2, 0.25) is 0 Å². The summed E-state index contributed by atoms with van der Waals surface area (Å²) in [5.74, 6) is 0.390. The number of pyridine rings is 1. The fourth-order valence-electron chi connectivity index (χ4n) is 2.31. The van der Waals surface area contributed by atoms with E-state index in [0.717, 1.165) is 21.9 Å². The van der Waals surface area contributed by atoms with Gasteiger partial charge in [-0.05, 0) is 22.9 Å². The fraction of sp³-hybridized carbons (Fsp3) is 0.188. The number of halogens is 1. The predicted octanol–water partition coefficient (Wildman–Crippen LogP) is 5.16. The molecule has 0 amide bonds. The van der Waals surface area contributed by atoms with Crippen molar-refractivity contribution in [1.29, 1.82) is 0 Å². The highest BCUT2D eigenvalue weighted by Gasteiger charge is 2.10. The smallest absolute Gasteiger partial charge is 0.133 e. The van der Waals surface area contributed by atoms with Gasteiger partial charge >= 0.3 is 0 Å². The Kier molecular flexibility index (Phi) is 2.71. The van der Waals surface area contributed by atoms with Gasteiger partial charge < -0.3 is 0 Å². The first-order valence-corrected chi connectivity index (χ1v) is 6.52. The Morgan fingerprint density at radius 1 is 1.00 bits per heavy atom. The molecule has 0 aliphatic carbocycles. The van der Waals surface area contributed by atoms with Crippen molar-refractivity contribution in [1.82, 2.24) is 4.98 Å². The molecular formula is C16H14ClN. The van der Waals surface area contributed by atoms with Crippen molar-refractivity contribution in [3.05, 3.63) is 53.2 Å². The minimum absolute atomic E-state index is 0.390. The highest BCUT2D eigenvalue weighted by molar-refractivity contribution is 6.31. The number of nitrogens with zero attached hydrogens (tertiary/aromatic N) is 1. The van der Waals surface area contributed by atoms with Crippen LogP contribution in [-0.2, 0) is 0 Å². The molecule has 0 atom stereocenters. The summed E-state index contributed by atoms with van der Waals surface area (Å²) in [5.41, 5.74) is 2.10. The van der Waals surface area contributed by atoms with Crippen molar-refractivity contribution in [2.45, 2.75) is 19.8 Å².